The molecular weight excluding hydrogens is 386 g/mol. The molecule has 6 heteroatoms. The Morgan fingerprint density at radius 2 is 2.13 bits per heavy atom. The Labute approximate surface area is 182 Å². The van der Waals surface area contributed by atoms with Crippen LogP contribution in [0.4, 0.5) is 0 Å². The van der Waals surface area contributed by atoms with Crippen molar-refractivity contribution in [3.05, 3.63) is 53.7 Å². The zero-order valence-electron chi connectivity index (χ0n) is 18.1. The highest BCUT2D eigenvalue weighted by atomic mass is 16.1. The maximum Gasteiger partial charge on any atom is 0.268 e. The van der Waals surface area contributed by atoms with Gasteiger partial charge in [-0.1, -0.05) is 6.07 Å². The number of hydrogen-bond donors (Lipinski definition) is 1. The molecule has 3 bridgehead atoms. The van der Waals surface area contributed by atoms with Gasteiger partial charge in [-0.05, 0) is 92.2 Å². The normalized spacial score (nSPS) is 34.8. The van der Waals surface area contributed by atoms with Gasteiger partial charge in [-0.2, -0.15) is 5.10 Å². The van der Waals surface area contributed by atoms with E-state index in [1.807, 2.05) is 52.7 Å². The number of fused-ring (bicyclic) bond motifs is 3. The summed E-state index contributed by atoms with van der Waals surface area (Å²) in [5, 5.41) is 7.79. The third-order valence-corrected chi connectivity index (χ3v) is 9.08. The van der Waals surface area contributed by atoms with Crippen molar-refractivity contribution in [1.29, 1.82) is 0 Å². The van der Waals surface area contributed by atoms with Crippen molar-refractivity contribution in [2.45, 2.75) is 52.0 Å². The minimum absolute atomic E-state index is 0.0186. The van der Waals surface area contributed by atoms with Crippen molar-refractivity contribution in [2.75, 3.05) is 6.54 Å². The van der Waals surface area contributed by atoms with Crippen LogP contribution in [0.3, 0.4) is 0 Å². The standard InChI is InChI=1S/C25H29N5O/c1-16-5-6-29(28-16)12-20-13-30-21(3-2-4-22(30)27-20)23(31)26-15-24-9-17-7-18-8-19(11-24)25(18,10-17)14-24/h2-6,13,17-19H,7-12,14-15H2,1H3,(H,26,31). The van der Waals surface area contributed by atoms with Gasteiger partial charge in [-0.25, -0.2) is 4.98 Å². The zero-order chi connectivity index (χ0) is 20.8. The first-order chi connectivity index (χ1) is 15.0. The van der Waals surface area contributed by atoms with Gasteiger partial charge in [-0.15, -0.1) is 0 Å². The van der Waals surface area contributed by atoms with E-state index in [0.717, 1.165) is 41.3 Å². The van der Waals surface area contributed by atoms with Crippen LogP contribution < -0.4 is 5.32 Å². The van der Waals surface area contributed by atoms with Crippen molar-refractivity contribution >= 4 is 11.6 Å². The first-order valence-electron chi connectivity index (χ1n) is 11.8. The summed E-state index contributed by atoms with van der Waals surface area (Å²) in [5.41, 5.74) is 4.38. The summed E-state index contributed by atoms with van der Waals surface area (Å²) in [4.78, 5) is 17.9. The molecule has 6 nitrogen and oxygen atoms in total. The third-order valence-electron chi connectivity index (χ3n) is 9.08. The summed E-state index contributed by atoms with van der Waals surface area (Å²) in [6, 6.07) is 7.78. The van der Waals surface area contributed by atoms with Gasteiger partial charge in [0.2, 0.25) is 0 Å². The number of rotatable bonds is 5. The Kier molecular flexibility index (Phi) is 3.48. The molecule has 0 saturated heterocycles. The second-order valence-electron chi connectivity index (χ2n) is 11.0. The highest BCUT2D eigenvalue weighted by Gasteiger charge is 2.70. The summed E-state index contributed by atoms with van der Waals surface area (Å²) in [6.07, 6.45) is 12.3. The predicted octanol–water partition coefficient (Wildman–Crippen LogP) is 3.83. The van der Waals surface area contributed by atoms with Crippen LogP contribution >= 0.6 is 0 Å². The quantitative estimate of drug-likeness (QED) is 0.689. The highest BCUT2D eigenvalue weighted by molar-refractivity contribution is 5.93. The van der Waals surface area contributed by atoms with Gasteiger partial charge in [0.05, 0.1) is 17.9 Å². The molecule has 1 N–H and O–H groups in total. The minimum atomic E-state index is 0.0186. The lowest BCUT2D eigenvalue weighted by Crippen LogP contribution is -2.43. The number of aryl methyl sites for hydroxylation is 1. The minimum Gasteiger partial charge on any atom is -0.350 e. The van der Waals surface area contributed by atoms with Crippen LogP contribution in [0.2, 0.25) is 0 Å². The first kappa shape index (κ1) is 18.0. The number of carbonyl (C=O) groups is 1. The fraction of sp³-hybridized carbons (Fsp3) is 0.560. The van der Waals surface area contributed by atoms with Crippen LogP contribution in [-0.2, 0) is 6.54 Å². The summed E-state index contributed by atoms with van der Waals surface area (Å²) in [5.74, 6) is 2.87. The Morgan fingerprint density at radius 3 is 3.00 bits per heavy atom. The Bertz CT molecular complexity index is 1210. The molecule has 5 atom stereocenters. The first-order valence-corrected chi connectivity index (χ1v) is 11.8. The van der Waals surface area contributed by atoms with Crippen molar-refractivity contribution in [3.8, 4) is 0 Å². The molecule has 4 aliphatic rings. The fourth-order valence-electron chi connectivity index (χ4n) is 8.14. The Hall–Kier alpha value is -2.63. The molecule has 3 aromatic heterocycles. The number of amides is 1. The molecule has 3 heterocycles. The van der Waals surface area contributed by atoms with Gasteiger partial charge in [-0.3, -0.25) is 13.9 Å². The molecule has 7 rings (SSSR count). The van der Waals surface area contributed by atoms with E-state index in [0.29, 0.717) is 23.1 Å². The van der Waals surface area contributed by atoms with Gasteiger partial charge < -0.3 is 5.32 Å². The molecule has 1 spiro atoms. The molecule has 31 heavy (non-hydrogen) atoms. The Morgan fingerprint density at radius 1 is 1.19 bits per heavy atom. The van der Waals surface area contributed by atoms with Crippen LogP contribution in [0.15, 0.2) is 36.7 Å². The maximum atomic E-state index is 13.2. The van der Waals surface area contributed by atoms with Crippen LogP contribution in [0.5, 0.6) is 0 Å². The van der Waals surface area contributed by atoms with E-state index in [4.69, 9.17) is 4.98 Å². The fourth-order valence-corrected chi connectivity index (χ4v) is 8.14. The second-order valence-corrected chi connectivity index (χ2v) is 11.0. The van der Waals surface area contributed by atoms with Gasteiger partial charge in [0, 0.05) is 18.9 Å². The number of nitrogens with zero attached hydrogens (tertiary/aromatic N) is 4. The molecule has 1 amide bonds. The number of carbonyl (C=O) groups excluding carboxylic acids is 1. The van der Waals surface area contributed by atoms with Crippen LogP contribution in [-0.4, -0.2) is 31.6 Å². The van der Waals surface area contributed by atoms with Crippen LogP contribution in [0, 0.1) is 35.5 Å². The van der Waals surface area contributed by atoms with Crippen molar-refractivity contribution in [2.24, 2.45) is 28.6 Å². The van der Waals surface area contributed by atoms with Gasteiger partial charge in [0.15, 0.2) is 0 Å². The number of nitrogens with one attached hydrogen (secondary N) is 1. The summed E-state index contributed by atoms with van der Waals surface area (Å²) in [6.45, 7) is 3.42. The SMILES string of the molecule is Cc1ccn(Cc2cn3c(C(=O)NCC45CC6CC7CC(C4)C7(C6)C5)cccc3n2)n1. The van der Waals surface area contributed by atoms with Gasteiger partial charge >= 0.3 is 0 Å². The van der Waals surface area contributed by atoms with E-state index in [9.17, 15) is 4.79 Å². The van der Waals surface area contributed by atoms with E-state index in [1.165, 1.54) is 38.5 Å². The average Bonchev–Trinajstić information content (AvgIpc) is 3.43. The molecule has 3 aromatic rings. The lowest BCUT2D eigenvalue weighted by atomic mass is 9.55. The molecule has 0 aromatic carbocycles. The highest BCUT2D eigenvalue weighted by Crippen LogP contribution is 2.78. The lowest BCUT2D eigenvalue weighted by molar-refractivity contribution is -0.00254. The van der Waals surface area contributed by atoms with E-state index in [2.05, 4.69) is 10.4 Å². The Balaban J connectivity index is 1.11. The van der Waals surface area contributed by atoms with Crippen molar-refractivity contribution < 1.29 is 4.79 Å². The van der Waals surface area contributed by atoms with Gasteiger partial charge in [0.25, 0.3) is 5.91 Å². The van der Waals surface area contributed by atoms with E-state index >= 15 is 0 Å². The topological polar surface area (TPSA) is 64.2 Å². The monoisotopic (exact) mass is 415 g/mol. The summed E-state index contributed by atoms with van der Waals surface area (Å²) in [7, 11) is 0. The van der Waals surface area contributed by atoms with E-state index < -0.39 is 0 Å². The predicted molar refractivity (Wildman–Crippen MR) is 117 cm³/mol. The largest absolute Gasteiger partial charge is 0.350 e. The molecule has 4 fully saturated rings. The number of hydrogen-bond acceptors (Lipinski definition) is 3. The summed E-state index contributed by atoms with van der Waals surface area (Å²) >= 11 is 0. The molecule has 0 aliphatic heterocycles. The molecule has 160 valence electrons. The lowest BCUT2D eigenvalue weighted by Gasteiger charge is -2.49. The number of pyridine rings is 1. The van der Waals surface area contributed by atoms with Crippen LogP contribution in [0.25, 0.3) is 5.65 Å². The van der Waals surface area contributed by atoms with E-state index in [-0.39, 0.29) is 5.91 Å². The van der Waals surface area contributed by atoms with Crippen molar-refractivity contribution in [3.63, 3.8) is 0 Å². The smallest absolute Gasteiger partial charge is 0.268 e. The molecular formula is C25H29N5O. The molecule has 4 aliphatic carbocycles. The second kappa shape index (κ2) is 5.99. The van der Waals surface area contributed by atoms with Crippen molar-refractivity contribution in [1.82, 2.24) is 24.5 Å². The molecule has 4 saturated carbocycles. The number of aromatic nitrogens is 4. The zero-order valence-corrected chi connectivity index (χ0v) is 18.1. The van der Waals surface area contributed by atoms with Gasteiger partial charge in [0.1, 0.15) is 11.3 Å². The third kappa shape index (κ3) is 2.53. The molecule has 5 unspecified atom stereocenters. The number of imidazole rings is 1. The van der Waals surface area contributed by atoms with Crippen LogP contribution in [0.1, 0.15) is 60.4 Å². The van der Waals surface area contributed by atoms with E-state index in [1.54, 1.807) is 0 Å². The average molecular weight is 416 g/mol. The molecule has 0 radical (unpaired) electrons. The maximum absolute atomic E-state index is 13.2. The summed E-state index contributed by atoms with van der Waals surface area (Å²) < 4.78 is 3.81.